The Morgan fingerprint density at radius 3 is 2.43 bits per heavy atom. The fourth-order valence-electron chi connectivity index (χ4n) is 3.17. The number of nitrogens with two attached hydrogens (primary N) is 1. The zero-order valence-electron chi connectivity index (χ0n) is 14.0. The molecule has 0 aliphatic heterocycles. The fourth-order valence-corrected chi connectivity index (χ4v) is 3.17. The molecule has 0 amide bonds. The number of aliphatic carboxylic acids is 1. The van der Waals surface area contributed by atoms with E-state index in [1.807, 2.05) is 0 Å². The molecule has 0 bridgehead atoms. The molecule has 23 heavy (non-hydrogen) atoms. The smallest absolute Gasteiger partial charge is 0.418 e. The SMILES string of the molecule is CC(C)(C)OC(=O)n1cccc1C(C(=O)O)C1CCC(N)CC1. The first-order chi connectivity index (χ1) is 10.7. The summed E-state index contributed by atoms with van der Waals surface area (Å²) in [6.07, 6.45) is 4.18. The van der Waals surface area contributed by atoms with Gasteiger partial charge in [-0.3, -0.25) is 9.36 Å². The van der Waals surface area contributed by atoms with Gasteiger partial charge < -0.3 is 15.6 Å². The van der Waals surface area contributed by atoms with E-state index in [9.17, 15) is 14.7 Å². The fraction of sp³-hybridized carbons (Fsp3) is 0.647. The first-order valence-corrected chi connectivity index (χ1v) is 8.08. The predicted octanol–water partition coefficient (Wildman–Crippen LogP) is 2.96. The van der Waals surface area contributed by atoms with Gasteiger partial charge >= 0.3 is 12.1 Å². The van der Waals surface area contributed by atoms with Crippen LogP contribution in [0.15, 0.2) is 18.3 Å². The van der Waals surface area contributed by atoms with Gasteiger partial charge in [-0.15, -0.1) is 0 Å². The van der Waals surface area contributed by atoms with Crippen molar-refractivity contribution in [1.82, 2.24) is 4.57 Å². The number of carboxylic acids is 1. The number of rotatable bonds is 3. The van der Waals surface area contributed by atoms with Crippen molar-refractivity contribution >= 4 is 12.1 Å². The Bertz CT molecular complexity index is 565. The maximum Gasteiger partial charge on any atom is 0.418 e. The second-order valence-corrected chi connectivity index (χ2v) is 7.27. The summed E-state index contributed by atoms with van der Waals surface area (Å²) in [5.74, 6) is -1.64. The van der Waals surface area contributed by atoms with E-state index in [4.69, 9.17) is 10.5 Å². The number of carbonyl (C=O) groups excluding carboxylic acids is 1. The molecule has 3 N–H and O–H groups in total. The predicted molar refractivity (Wildman–Crippen MR) is 86.4 cm³/mol. The Balaban J connectivity index is 2.26. The van der Waals surface area contributed by atoms with Crippen LogP contribution in [-0.2, 0) is 9.53 Å². The van der Waals surface area contributed by atoms with Gasteiger partial charge in [0.2, 0.25) is 0 Å². The molecule has 1 saturated carbocycles. The second-order valence-electron chi connectivity index (χ2n) is 7.27. The van der Waals surface area contributed by atoms with Crippen LogP contribution in [0.4, 0.5) is 4.79 Å². The summed E-state index contributed by atoms with van der Waals surface area (Å²) in [6, 6.07) is 3.53. The van der Waals surface area contributed by atoms with Gasteiger partial charge in [-0.25, -0.2) is 4.79 Å². The molecule has 0 saturated heterocycles. The summed E-state index contributed by atoms with van der Waals surface area (Å²) < 4.78 is 6.69. The van der Waals surface area contributed by atoms with Gasteiger partial charge in [0, 0.05) is 17.9 Å². The number of hydrogen-bond acceptors (Lipinski definition) is 4. The van der Waals surface area contributed by atoms with E-state index < -0.39 is 23.6 Å². The monoisotopic (exact) mass is 322 g/mol. The van der Waals surface area contributed by atoms with E-state index in [1.54, 1.807) is 39.1 Å². The number of carboxylic acid groups (broad SMARTS) is 1. The average molecular weight is 322 g/mol. The van der Waals surface area contributed by atoms with Crippen LogP contribution in [0.1, 0.15) is 58.1 Å². The molecule has 0 aromatic carbocycles. The highest BCUT2D eigenvalue weighted by Gasteiger charge is 2.35. The van der Waals surface area contributed by atoms with Gasteiger partial charge in [-0.05, 0) is 64.5 Å². The van der Waals surface area contributed by atoms with Crippen molar-refractivity contribution in [2.75, 3.05) is 0 Å². The molecule has 1 fully saturated rings. The van der Waals surface area contributed by atoms with E-state index in [0.717, 1.165) is 25.7 Å². The lowest BCUT2D eigenvalue weighted by Crippen LogP contribution is -2.34. The largest absolute Gasteiger partial charge is 0.481 e. The maximum absolute atomic E-state index is 12.3. The number of hydrogen-bond donors (Lipinski definition) is 2. The van der Waals surface area contributed by atoms with E-state index in [-0.39, 0.29) is 12.0 Å². The Morgan fingerprint density at radius 1 is 1.30 bits per heavy atom. The lowest BCUT2D eigenvalue weighted by molar-refractivity contribution is -0.140. The van der Waals surface area contributed by atoms with E-state index in [1.165, 1.54) is 4.57 Å². The van der Waals surface area contributed by atoms with Gasteiger partial charge in [-0.1, -0.05) is 0 Å². The number of ether oxygens (including phenoxy) is 1. The van der Waals surface area contributed by atoms with Crippen LogP contribution in [0.2, 0.25) is 0 Å². The summed E-state index contributed by atoms with van der Waals surface area (Å²) in [6.45, 7) is 5.35. The summed E-state index contributed by atoms with van der Waals surface area (Å²) in [4.78, 5) is 24.2. The summed E-state index contributed by atoms with van der Waals surface area (Å²) in [7, 11) is 0. The molecule has 6 nitrogen and oxygen atoms in total. The molecule has 2 rings (SSSR count). The zero-order chi connectivity index (χ0) is 17.2. The van der Waals surface area contributed by atoms with Crippen LogP contribution >= 0.6 is 0 Å². The van der Waals surface area contributed by atoms with Gasteiger partial charge in [0.05, 0.1) is 0 Å². The molecule has 1 aliphatic rings. The van der Waals surface area contributed by atoms with Gasteiger partial charge in [0.25, 0.3) is 0 Å². The minimum atomic E-state index is -0.908. The Morgan fingerprint density at radius 2 is 1.91 bits per heavy atom. The summed E-state index contributed by atoms with van der Waals surface area (Å²) >= 11 is 0. The lowest BCUT2D eigenvalue weighted by Gasteiger charge is -2.31. The van der Waals surface area contributed by atoms with Crippen LogP contribution in [0.25, 0.3) is 0 Å². The Hall–Kier alpha value is -1.82. The third-order valence-electron chi connectivity index (χ3n) is 4.24. The number of nitrogens with zero attached hydrogens (tertiary/aromatic N) is 1. The summed E-state index contributed by atoms with van der Waals surface area (Å²) in [5.41, 5.74) is 5.76. The number of carbonyl (C=O) groups is 2. The lowest BCUT2D eigenvalue weighted by atomic mass is 9.77. The van der Waals surface area contributed by atoms with Crippen LogP contribution < -0.4 is 5.73 Å². The third-order valence-corrected chi connectivity index (χ3v) is 4.24. The molecular formula is C17H26N2O4. The third kappa shape index (κ3) is 4.34. The zero-order valence-corrected chi connectivity index (χ0v) is 14.0. The minimum absolute atomic E-state index is 0.0108. The second kappa shape index (κ2) is 6.74. The molecule has 1 atom stereocenters. The van der Waals surface area contributed by atoms with Gasteiger partial charge in [0.15, 0.2) is 0 Å². The molecule has 1 aliphatic carbocycles. The highest BCUT2D eigenvalue weighted by molar-refractivity contribution is 5.79. The topological polar surface area (TPSA) is 94.5 Å². The van der Waals surface area contributed by atoms with E-state index >= 15 is 0 Å². The maximum atomic E-state index is 12.3. The Labute approximate surface area is 136 Å². The average Bonchev–Trinajstić information content (AvgIpc) is 2.88. The van der Waals surface area contributed by atoms with Crippen molar-refractivity contribution in [1.29, 1.82) is 0 Å². The quantitative estimate of drug-likeness (QED) is 0.892. The molecule has 6 heteroatoms. The van der Waals surface area contributed by atoms with E-state index in [2.05, 4.69) is 0 Å². The molecule has 1 unspecified atom stereocenters. The van der Waals surface area contributed by atoms with Crippen LogP contribution in [0.5, 0.6) is 0 Å². The van der Waals surface area contributed by atoms with Crippen molar-refractivity contribution in [3.05, 3.63) is 24.0 Å². The first kappa shape index (κ1) is 17.5. The molecule has 1 aromatic rings. The van der Waals surface area contributed by atoms with Crippen molar-refractivity contribution in [2.45, 2.75) is 64.0 Å². The van der Waals surface area contributed by atoms with Crippen molar-refractivity contribution in [3.63, 3.8) is 0 Å². The molecule has 1 aromatic heterocycles. The van der Waals surface area contributed by atoms with Crippen molar-refractivity contribution in [2.24, 2.45) is 11.7 Å². The van der Waals surface area contributed by atoms with Gasteiger partial charge in [-0.2, -0.15) is 0 Å². The van der Waals surface area contributed by atoms with Crippen LogP contribution in [0.3, 0.4) is 0 Å². The van der Waals surface area contributed by atoms with Gasteiger partial charge in [0.1, 0.15) is 11.5 Å². The number of aromatic nitrogens is 1. The van der Waals surface area contributed by atoms with Crippen LogP contribution in [-0.4, -0.2) is 33.4 Å². The molecule has 0 radical (unpaired) electrons. The first-order valence-electron chi connectivity index (χ1n) is 8.08. The molecular weight excluding hydrogens is 296 g/mol. The molecule has 1 heterocycles. The molecule has 128 valence electrons. The standard InChI is InChI=1S/C17H26N2O4/c1-17(2,3)23-16(22)19-10-4-5-13(19)14(15(20)21)11-6-8-12(18)9-7-11/h4-5,10-12,14H,6-9,18H2,1-3H3,(H,20,21). The summed E-state index contributed by atoms with van der Waals surface area (Å²) in [5, 5.41) is 9.71. The normalized spacial score (nSPS) is 23.3. The minimum Gasteiger partial charge on any atom is -0.481 e. The van der Waals surface area contributed by atoms with Crippen LogP contribution in [0, 0.1) is 5.92 Å². The highest BCUT2D eigenvalue weighted by atomic mass is 16.6. The van der Waals surface area contributed by atoms with Crippen molar-refractivity contribution in [3.8, 4) is 0 Å². The highest BCUT2D eigenvalue weighted by Crippen LogP contribution is 2.36. The van der Waals surface area contributed by atoms with E-state index in [0.29, 0.717) is 5.69 Å². The van der Waals surface area contributed by atoms with Crippen molar-refractivity contribution < 1.29 is 19.4 Å². The Kier molecular flexibility index (Phi) is 5.14. The molecule has 0 spiro atoms.